The fourth-order valence-corrected chi connectivity index (χ4v) is 4.22. The van der Waals surface area contributed by atoms with Crippen molar-refractivity contribution in [2.45, 2.75) is 57.7 Å². The summed E-state index contributed by atoms with van der Waals surface area (Å²) in [6.07, 6.45) is 7.89. The molecular formula is C21H33N5O2. The highest BCUT2D eigenvalue weighted by atomic mass is 16.2. The number of nitrogens with one attached hydrogen (secondary N) is 1. The predicted octanol–water partition coefficient (Wildman–Crippen LogP) is 1.14. The van der Waals surface area contributed by atoms with Gasteiger partial charge in [0.15, 0.2) is 0 Å². The number of likely N-dealkylation sites (tertiary alicyclic amines) is 2. The molecule has 2 aliphatic rings. The van der Waals surface area contributed by atoms with Gasteiger partial charge in [0, 0.05) is 31.5 Å². The van der Waals surface area contributed by atoms with Gasteiger partial charge in [0.25, 0.3) is 0 Å². The summed E-state index contributed by atoms with van der Waals surface area (Å²) in [7, 11) is 0. The Morgan fingerprint density at radius 2 is 2.00 bits per heavy atom. The second-order valence-corrected chi connectivity index (χ2v) is 8.68. The Kier molecular flexibility index (Phi) is 6.67. The largest absolute Gasteiger partial charge is 0.368 e. The molecular weight excluding hydrogens is 354 g/mol. The Balaban J connectivity index is 1.48. The molecule has 3 rings (SSSR count). The second kappa shape index (κ2) is 9.01. The quantitative estimate of drug-likeness (QED) is 0.764. The number of aromatic nitrogens is 1. The maximum absolute atomic E-state index is 12.6. The monoisotopic (exact) mass is 387 g/mol. The van der Waals surface area contributed by atoms with Crippen LogP contribution >= 0.6 is 0 Å². The van der Waals surface area contributed by atoms with Gasteiger partial charge in [0.2, 0.25) is 11.8 Å². The third kappa shape index (κ3) is 5.29. The zero-order valence-corrected chi connectivity index (χ0v) is 17.1. The summed E-state index contributed by atoms with van der Waals surface area (Å²) in [4.78, 5) is 33.3. The number of nitrogens with zero attached hydrogens (tertiary/aromatic N) is 3. The lowest BCUT2D eigenvalue weighted by Gasteiger charge is -2.42. The molecule has 28 heavy (non-hydrogen) atoms. The number of hydrogen-bond acceptors (Lipinski definition) is 5. The molecule has 0 unspecified atom stereocenters. The lowest BCUT2D eigenvalue weighted by atomic mass is 9.92. The van der Waals surface area contributed by atoms with Crippen molar-refractivity contribution in [1.82, 2.24) is 20.1 Å². The third-order valence-corrected chi connectivity index (χ3v) is 6.08. The number of piperidine rings is 2. The van der Waals surface area contributed by atoms with E-state index in [0.717, 1.165) is 58.4 Å². The maximum Gasteiger partial charge on any atom is 0.242 e. The molecule has 1 atom stereocenters. The number of nitrogens with two attached hydrogens (primary N) is 1. The summed E-state index contributed by atoms with van der Waals surface area (Å²) >= 11 is 0. The highest BCUT2D eigenvalue weighted by molar-refractivity contribution is 5.90. The molecule has 0 saturated carbocycles. The molecule has 0 radical (unpaired) electrons. The van der Waals surface area contributed by atoms with Crippen molar-refractivity contribution in [2.24, 2.45) is 11.7 Å². The molecule has 0 aromatic carbocycles. The number of rotatable bonds is 6. The van der Waals surface area contributed by atoms with Gasteiger partial charge < -0.3 is 11.1 Å². The van der Waals surface area contributed by atoms with Crippen LogP contribution in [0.15, 0.2) is 24.5 Å². The first-order valence-electron chi connectivity index (χ1n) is 10.3. The van der Waals surface area contributed by atoms with Crippen LogP contribution in [0.4, 0.5) is 0 Å². The maximum atomic E-state index is 12.6. The van der Waals surface area contributed by atoms with Crippen molar-refractivity contribution in [3.8, 4) is 0 Å². The van der Waals surface area contributed by atoms with Crippen molar-refractivity contribution in [2.75, 3.05) is 26.2 Å². The van der Waals surface area contributed by atoms with E-state index in [-0.39, 0.29) is 11.8 Å². The minimum atomic E-state index is -1.00. The Morgan fingerprint density at radius 3 is 2.64 bits per heavy atom. The van der Waals surface area contributed by atoms with Crippen molar-refractivity contribution in [1.29, 1.82) is 0 Å². The van der Waals surface area contributed by atoms with Gasteiger partial charge in [-0.2, -0.15) is 0 Å². The molecule has 2 amide bonds. The smallest absolute Gasteiger partial charge is 0.242 e. The van der Waals surface area contributed by atoms with E-state index in [4.69, 9.17) is 5.73 Å². The Labute approximate surface area is 167 Å². The van der Waals surface area contributed by atoms with Crippen LogP contribution in [-0.2, 0) is 16.1 Å². The molecule has 3 N–H and O–H groups in total. The Bertz CT molecular complexity index is 671. The third-order valence-electron chi connectivity index (χ3n) is 6.08. The van der Waals surface area contributed by atoms with Crippen LogP contribution in [0.2, 0.25) is 0 Å². The average molecular weight is 388 g/mol. The summed E-state index contributed by atoms with van der Waals surface area (Å²) < 4.78 is 0. The number of amides is 2. The van der Waals surface area contributed by atoms with Crippen molar-refractivity contribution < 1.29 is 9.59 Å². The van der Waals surface area contributed by atoms with Gasteiger partial charge in [-0.05, 0) is 70.8 Å². The summed E-state index contributed by atoms with van der Waals surface area (Å²) in [6, 6.07) is 4.64. The minimum Gasteiger partial charge on any atom is -0.368 e. The van der Waals surface area contributed by atoms with Gasteiger partial charge in [0.05, 0.1) is 5.92 Å². The van der Waals surface area contributed by atoms with E-state index in [0.29, 0.717) is 6.04 Å². The number of carbonyl (C=O) groups excluding carboxylic acids is 2. The lowest BCUT2D eigenvalue weighted by Crippen LogP contribution is -2.57. The number of primary amides is 1. The highest BCUT2D eigenvalue weighted by Crippen LogP contribution is 2.25. The first kappa shape index (κ1) is 20.7. The van der Waals surface area contributed by atoms with Crippen LogP contribution in [0.3, 0.4) is 0 Å². The number of hydrogen-bond donors (Lipinski definition) is 2. The molecule has 0 bridgehead atoms. The molecule has 2 fully saturated rings. The second-order valence-electron chi connectivity index (χ2n) is 8.68. The average Bonchev–Trinajstić information content (AvgIpc) is 2.69. The van der Waals surface area contributed by atoms with E-state index in [1.807, 2.05) is 18.5 Å². The fraction of sp³-hybridized carbons (Fsp3) is 0.667. The summed E-state index contributed by atoms with van der Waals surface area (Å²) in [5.74, 6) is -0.627. The molecule has 1 aromatic rings. The van der Waals surface area contributed by atoms with E-state index in [1.54, 1.807) is 13.8 Å². The van der Waals surface area contributed by atoms with Crippen LogP contribution in [0.25, 0.3) is 0 Å². The molecule has 154 valence electrons. The zero-order valence-electron chi connectivity index (χ0n) is 17.1. The summed E-state index contributed by atoms with van der Waals surface area (Å²) in [5.41, 5.74) is 5.64. The van der Waals surface area contributed by atoms with Gasteiger partial charge in [-0.15, -0.1) is 0 Å². The topological polar surface area (TPSA) is 91.6 Å². The standard InChI is InChI=1S/C21H33N5O2/c1-21(2,20(22)28)24-19(27)17-6-4-10-26(15-17)18-7-11-25(12-8-18)14-16-5-3-9-23-13-16/h3,5,9,13,17-18H,4,6-8,10-12,14-15H2,1-2H3,(H2,22,28)(H,24,27)/t17-/m0/s1. The number of carbonyl (C=O) groups is 2. The summed E-state index contributed by atoms with van der Waals surface area (Å²) in [6.45, 7) is 8.23. The minimum absolute atomic E-state index is 0.0532. The van der Waals surface area contributed by atoms with Crippen LogP contribution in [-0.4, -0.2) is 64.4 Å². The van der Waals surface area contributed by atoms with Crippen molar-refractivity contribution >= 4 is 11.8 Å². The van der Waals surface area contributed by atoms with Crippen molar-refractivity contribution in [3.05, 3.63) is 30.1 Å². The zero-order chi connectivity index (χ0) is 20.1. The van der Waals surface area contributed by atoms with E-state index >= 15 is 0 Å². The molecule has 3 heterocycles. The van der Waals surface area contributed by atoms with Crippen LogP contribution < -0.4 is 11.1 Å². The van der Waals surface area contributed by atoms with Gasteiger partial charge in [-0.25, -0.2) is 0 Å². The van der Waals surface area contributed by atoms with E-state index in [2.05, 4.69) is 26.2 Å². The van der Waals surface area contributed by atoms with Gasteiger partial charge in [-0.3, -0.25) is 24.4 Å². The molecule has 0 spiro atoms. The predicted molar refractivity (Wildman–Crippen MR) is 108 cm³/mol. The first-order valence-corrected chi connectivity index (χ1v) is 10.3. The highest BCUT2D eigenvalue weighted by Gasteiger charge is 2.35. The van der Waals surface area contributed by atoms with Gasteiger partial charge in [-0.1, -0.05) is 6.07 Å². The fourth-order valence-electron chi connectivity index (χ4n) is 4.22. The molecule has 2 saturated heterocycles. The van der Waals surface area contributed by atoms with Gasteiger partial charge >= 0.3 is 0 Å². The van der Waals surface area contributed by atoms with Crippen LogP contribution in [0.1, 0.15) is 45.1 Å². The lowest BCUT2D eigenvalue weighted by molar-refractivity contribution is -0.134. The molecule has 0 aliphatic carbocycles. The Morgan fingerprint density at radius 1 is 1.25 bits per heavy atom. The molecule has 1 aromatic heterocycles. The van der Waals surface area contributed by atoms with E-state index in [1.165, 1.54) is 5.56 Å². The first-order chi connectivity index (χ1) is 13.3. The molecule has 7 nitrogen and oxygen atoms in total. The molecule has 2 aliphatic heterocycles. The van der Waals surface area contributed by atoms with Gasteiger partial charge in [0.1, 0.15) is 5.54 Å². The molecule has 7 heteroatoms. The van der Waals surface area contributed by atoms with Crippen molar-refractivity contribution in [3.63, 3.8) is 0 Å². The number of pyridine rings is 1. The van der Waals surface area contributed by atoms with E-state index in [9.17, 15) is 9.59 Å². The van der Waals surface area contributed by atoms with E-state index < -0.39 is 11.4 Å². The van der Waals surface area contributed by atoms with Crippen LogP contribution in [0, 0.1) is 5.92 Å². The summed E-state index contributed by atoms with van der Waals surface area (Å²) in [5, 5.41) is 2.83. The Hall–Kier alpha value is -1.99. The SMILES string of the molecule is CC(C)(NC(=O)[C@H]1CCCN(C2CCN(Cc3cccnc3)CC2)C1)C(N)=O. The normalized spacial score (nSPS) is 22.7. The van der Waals surface area contributed by atoms with Crippen LogP contribution in [0.5, 0.6) is 0 Å².